The Bertz CT molecular complexity index is 751. The normalized spacial score (nSPS) is 10.3. The number of benzene rings is 2. The SMILES string of the molecule is O=C(Nc1ccc(-n2ccnc2)cc1)c1cccc(Br)c1. The van der Waals surface area contributed by atoms with Gasteiger partial charge in [-0.25, -0.2) is 4.98 Å². The van der Waals surface area contributed by atoms with Gasteiger partial charge in [-0.1, -0.05) is 22.0 Å². The van der Waals surface area contributed by atoms with Crippen molar-refractivity contribution in [2.75, 3.05) is 5.32 Å². The van der Waals surface area contributed by atoms with Gasteiger partial charge in [0.25, 0.3) is 5.91 Å². The van der Waals surface area contributed by atoms with Crippen LogP contribution in [0.25, 0.3) is 5.69 Å². The predicted octanol–water partition coefficient (Wildman–Crippen LogP) is 3.89. The first-order valence-electron chi connectivity index (χ1n) is 6.38. The fourth-order valence-corrected chi connectivity index (χ4v) is 2.36. The molecule has 21 heavy (non-hydrogen) atoms. The van der Waals surface area contributed by atoms with E-state index in [4.69, 9.17) is 0 Å². The molecule has 0 fully saturated rings. The Morgan fingerprint density at radius 1 is 1.14 bits per heavy atom. The molecule has 0 aliphatic rings. The van der Waals surface area contributed by atoms with Crippen molar-refractivity contribution in [1.29, 1.82) is 0 Å². The average Bonchev–Trinajstić information content (AvgIpc) is 3.02. The van der Waals surface area contributed by atoms with Crippen LogP contribution in [-0.2, 0) is 0 Å². The van der Waals surface area contributed by atoms with Crippen LogP contribution in [0.2, 0.25) is 0 Å². The highest BCUT2D eigenvalue weighted by Crippen LogP contribution is 2.16. The highest BCUT2D eigenvalue weighted by atomic mass is 79.9. The fraction of sp³-hybridized carbons (Fsp3) is 0. The zero-order chi connectivity index (χ0) is 14.7. The first-order chi connectivity index (χ1) is 10.2. The molecule has 4 nitrogen and oxygen atoms in total. The molecule has 104 valence electrons. The Hall–Kier alpha value is -2.40. The van der Waals surface area contributed by atoms with E-state index in [2.05, 4.69) is 26.2 Å². The third kappa shape index (κ3) is 3.20. The van der Waals surface area contributed by atoms with Gasteiger partial charge in [-0.2, -0.15) is 0 Å². The number of nitrogens with one attached hydrogen (secondary N) is 1. The Morgan fingerprint density at radius 2 is 1.95 bits per heavy atom. The lowest BCUT2D eigenvalue weighted by atomic mass is 10.2. The summed E-state index contributed by atoms with van der Waals surface area (Å²) in [6.07, 6.45) is 5.33. The van der Waals surface area contributed by atoms with Crippen molar-refractivity contribution in [2.45, 2.75) is 0 Å². The molecule has 1 amide bonds. The van der Waals surface area contributed by atoms with Crippen molar-refractivity contribution in [1.82, 2.24) is 9.55 Å². The van der Waals surface area contributed by atoms with Gasteiger partial charge in [0.05, 0.1) is 6.33 Å². The maximum atomic E-state index is 12.1. The molecule has 0 radical (unpaired) electrons. The van der Waals surface area contributed by atoms with Gasteiger partial charge >= 0.3 is 0 Å². The van der Waals surface area contributed by atoms with E-state index in [0.717, 1.165) is 15.8 Å². The molecule has 1 heterocycles. The summed E-state index contributed by atoms with van der Waals surface area (Å²) in [6, 6.07) is 14.9. The molecule has 5 heteroatoms. The number of rotatable bonds is 3. The van der Waals surface area contributed by atoms with Crippen molar-refractivity contribution in [3.05, 3.63) is 77.3 Å². The second-order valence-corrected chi connectivity index (χ2v) is 5.40. The largest absolute Gasteiger partial charge is 0.322 e. The average molecular weight is 342 g/mol. The van der Waals surface area contributed by atoms with Crippen molar-refractivity contribution in [3.8, 4) is 5.69 Å². The highest BCUT2D eigenvalue weighted by molar-refractivity contribution is 9.10. The molecule has 2 aromatic carbocycles. The fourth-order valence-electron chi connectivity index (χ4n) is 1.96. The lowest BCUT2D eigenvalue weighted by molar-refractivity contribution is 0.102. The molecule has 0 atom stereocenters. The molecule has 0 aliphatic carbocycles. The first kappa shape index (κ1) is 13.6. The maximum absolute atomic E-state index is 12.1. The van der Waals surface area contributed by atoms with Crippen LogP contribution in [-0.4, -0.2) is 15.5 Å². The van der Waals surface area contributed by atoms with Gasteiger partial charge in [-0.3, -0.25) is 4.79 Å². The van der Waals surface area contributed by atoms with Gasteiger partial charge in [0.2, 0.25) is 0 Å². The monoisotopic (exact) mass is 341 g/mol. The van der Waals surface area contributed by atoms with Crippen molar-refractivity contribution in [2.24, 2.45) is 0 Å². The molecule has 0 saturated heterocycles. The van der Waals surface area contributed by atoms with E-state index in [1.807, 2.05) is 47.2 Å². The van der Waals surface area contributed by atoms with Crippen molar-refractivity contribution >= 4 is 27.5 Å². The van der Waals surface area contributed by atoms with Gasteiger partial charge in [0, 0.05) is 33.8 Å². The molecule has 3 aromatic rings. The number of hydrogen-bond acceptors (Lipinski definition) is 2. The lowest BCUT2D eigenvalue weighted by Gasteiger charge is -2.07. The number of carbonyl (C=O) groups is 1. The van der Waals surface area contributed by atoms with Crippen LogP contribution in [0.3, 0.4) is 0 Å². The van der Waals surface area contributed by atoms with Crippen LogP contribution in [0.15, 0.2) is 71.7 Å². The summed E-state index contributed by atoms with van der Waals surface area (Å²) in [5, 5.41) is 2.87. The Balaban J connectivity index is 1.75. The summed E-state index contributed by atoms with van der Waals surface area (Å²) in [5.74, 6) is -0.133. The van der Waals surface area contributed by atoms with Crippen LogP contribution < -0.4 is 5.32 Å². The molecule has 1 aromatic heterocycles. The second kappa shape index (κ2) is 5.93. The third-order valence-electron chi connectivity index (χ3n) is 3.01. The predicted molar refractivity (Wildman–Crippen MR) is 85.7 cm³/mol. The van der Waals surface area contributed by atoms with Crippen LogP contribution in [0.1, 0.15) is 10.4 Å². The number of halogens is 1. The minimum absolute atomic E-state index is 0.133. The van der Waals surface area contributed by atoms with Crippen LogP contribution in [0.4, 0.5) is 5.69 Å². The number of carbonyl (C=O) groups excluding carboxylic acids is 1. The number of imidazole rings is 1. The van der Waals surface area contributed by atoms with Gasteiger partial charge in [0.15, 0.2) is 0 Å². The van der Waals surface area contributed by atoms with Crippen LogP contribution in [0.5, 0.6) is 0 Å². The zero-order valence-electron chi connectivity index (χ0n) is 11.0. The van der Waals surface area contributed by atoms with E-state index in [0.29, 0.717) is 5.56 Å². The topological polar surface area (TPSA) is 46.9 Å². The lowest BCUT2D eigenvalue weighted by Crippen LogP contribution is -2.11. The van der Waals surface area contributed by atoms with E-state index in [1.165, 1.54) is 0 Å². The molecule has 0 aliphatic heterocycles. The van der Waals surface area contributed by atoms with E-state index in [1.54, 1.807) is 24.7 Å². The second-order valence-electron chi connectivity index (χ2n) is 4.48. The first-order valence-corrected chi connectivity index (χ1v) is 7.17. The van der Waals surface area contributed by atoms with Crippen LogP contribution >= 0.6 is 15.9 Å². The van der Waals surface area contributed by atoms with Gasteiger partial charge in [-0.05, 0) is 42.5 Å². The quantitative estimate of drug-likeness (QED) is 0.785. The van der Waals surface area contributed by atoms with Gasteiger partial charge in [0.1, 0.15) is 0 Å². The summed E-state index contributed by atoms with van der Waals surface area (Å²) in [4.78, 5) is 16.1. The van der Waals surface area contributed by atoms with Gasteiger partial charge < -0.3 is 9.88 Å². The molecular formula is C16H12BrN3O. The van der Waals surface area contributed by atoms with E-state index in [9.17, 15) is 4.79 Å². The summed E-state index contributed by atoms with van der Waals surface area (Å²) in [6.45, 7) is 0. The van der Waals surface area contributed by atoms with E-state index in [-0.39, 0.29) is 5.91 Å². The summed E-state index contributed by atoms with van der Waals surface area (Å²) < 4.78 is 2.78. The van der Waals surface area contributed by atoms with Crippen LogP contribution in [0, 0.1) is 0 Å². The van der Waals surface area contributed by atoms with E-state index >= 15 is 0 Å². The molecule has 1 N–H and O–H groups in total. The number of anilines is 1. The zero-order valence-corrected chi connectivity index (χ0v) is 12.6. The Labute approximate surface area is 130 Å². The summed E-state index contributed by atoms with van der Waals surface area (Å²) in [5.41, 5.74) is 2.36. The number of amides is 1. The van der Waals surface area contributed by atoms with E-state index < -0.39 is 0 Å². The molecular weight excluding hydrogens is 330 g/mol. The molecule has 0 unspecified atom stereocenters. The Kier molecular flexibility index (Phi) is 3.83. The summed E-state index contributed by atoms with van der Waals surface area (Å²) >= 11 is 3.36. The smallest absolute Gasteiger partial charge is 0.255 e. The minimum atomic E-state index is -0.133. The summed E-state index contributed by atoms with van der Waals surface area (Å²) in [7, 11) is 0. The number of aromatic nitrogens is 2. The molecule has 0 spiro atoms. The minimum Gasteiger partial charge on any atom is -0.322 e. The number of hydrogen-bond donors (Lipinski definition) is 1. The Morgan fingerprint density at radius 3 is 2.62 bits per heavy atom. The highest BCUT2D eigenvalue weighted by Gasteiger charge is 2.06. The third-order valence-corrected chi connectivity index (χ3v) is 3.51. The molecule has 0 saturated carbocycles. The number of nitrogens with zero attached hydrogens (tertiary/aromatic N) is 2. The maximum Gasteiger partial charge on any atom is 0.255 e. The standard InChI is InChI=1S/C16H12BrN3O/c17-13-3-1-2-12(10-13)16(21)19-14-4-6-15(7-5-14)20-9-8-18-11-20/h1-11H,(H,19,21). The van der Waals surface area contributed by atoms with Crippen molar-refractivity contribution < 1.29 is 4.79 Å². The van der Waals surface area contributed by atoms with Crippen molar-refractivity contribution in [3.63, 3.8) is 0 Å². The van der Waals surface area contributed by atoms with Gasteiger partial charge in [-0.15, -0.1) is 0 Å². The molecule has 0 bridgehead atoms. The molecule has 3 rings (SSSR count).